The summed E-state index contributed by atoms with van der Waals surface area (Å²) in [6, 6.07) is 10.3. The molecule has 4 heteroatoms. The molecule has 120 valence electrons. The number of hydrogen-bond donors (Lipinski definition) is 2. The maximum Gasteiger partial charge on any atom is 0.223 e. The van der Waals surface area contributed by atoms with Gasteiger partial charge in [-0.2, -0.15) is 0 Å². The fourth-order valence-electron chi connectivity index (χ4n) is 4.06. The molecule has 0 heterocycles. The van der Waals surface area contributed by atoms with E-state index in [1.54, 1.807) is 0 Å². The molecule has 2 fully saturated rings. The number of amides is 1. The zero-order chi connectivity index (χ0) is 15.4. The van der Waals surface area contributed by atoms with Crippen LogP contribution in [-0.4, -0.2) is 24.6 Å². The molecule has 2 saturated carbocycles. The number of nitrogens with one attached hydrogen (secondary N) is 1. The first-order chi connectivity index (χ1) is 10.7. The van der Waals surface area contributed by atoms with Crippen molar-refractivity contribution in [2.45, 2.75) is 50.6 Å². The summed E-state index contributed by atoms with van der Waals surface area (Å²) in [5.74, 6) is 2.06. The van der Waals surface area contributed by atoms with Gasteiger partial charge in [0.05, 0.1) is 13.0 Å². The van der Waals surface area contributed by atoms with E-state index in [-0.39, 0.29) is 5.91 Å². The Morgan fingerprint density at radius 2 is 1.86 bits per heavy atom. The normalized spacial score (nSPS) is 30.6. The van der Waals surface area contributed by atoms with Gasteiger partial charge in [-0.15, -0.1) is 0 Å². The first-order valence-corrected chi connectivity index (χ1v) is 8.45. The second-order valence-corrected chi connectivity index (χ2v) is 6.69. The van der Waals surface area contributed by atoms with Gasteiger partial charge in [0.15, 0.2) is 0 Å². The largest absolute Gasteiger partial charge is 0.493 e. The zero-order valence-electron chi connectivity index (χ0n) is 13.0. The molecular weight excluding hydrogens is 276 g/mol. The molecule has 2 atom stereocenters. The number of ether oxygens (including phenoxy) is 1. The zero-order valence-corrected chi connectivity index (χ0v) is 13.0. The Hall–Kier alpha value is -1.55. The summed E-state index contributed by atoms with van der Waals surface area (Å²) in [5, 5.41) is 3.25. The summed E-state index contributed by atoms with van der Waals surface area (Å²) in [5.41, 5.74) is 6.13. The number of fused-ring (bicyclic) bond motifs is 2. The van der Waals surface area contributed by atoms with Crippen LogP contribution in [0.5, 0.6) is 5.75 Å². The van der Waals surface area contributed by atoms with Crippen molar-refractivity contribution in [3.8, 4) is 5.75 Å². The number of rotatable bonds is 5. The van der Waals surface area contributed by atoms with Gasteiger partial charge in [0.2, 0.25) is 5.91 Å². The Morgan fingerprint density at radius 1 is 1.18 bits per heavy atom. The van der Waals surface area contributed by atoms with Crippen molar-refractivity contribution in [2.24, 2.45) is 17.6 Å². The first kappa shape index (κ1) is 15.3. The highest BCUT2D eigenvalue weighted by molar-refractivity contribution is 5.76. The van der Waals surface area contributed by atoms with E-state index in [0.29, 0.717) is 36.9 Å². The van der Waals surface area contributed by atoms with E-state index in [9.17, 15) is 4.79 Å². The predicted octanol–water partition coefficient (Wildman–Crippen LogP) is 2.48. The highest BCUT2D eigenvalue weighted by atomic mass is 16.5. The Kier molecular flexibility index (Phi) is 4.98. The molecule has 3 rings (SSSR count). The fourth-order valence-corrected chi connectivity index (χ4v) is 4.06. The van der Waals surface area contributed by atoms with Crippen LogP contribution in [0.1, 0.15) is 38.5 Å². The molecule has 22 heavy (non-hydrogen) atoms. The van der Waals surface area contributed by atoms with E-state index in [4.69, 9.17) is 10.5 Å². The van der Waals surface area contributed by atoms with Crippen molar-refractivity contribution in [2.75, 3.05) is 6.61 Å². The number of carbonyl (C=O) groups is 1. The van der Waals surface area contributed by atoms with Crippen LogP contribution in [0.4, 0.5) is 0 Å². The van der Waals surface area contributed by atoms with Crippen LogP contribution < -0.4 is 15.8 Å². The molecule has 0 aromatic heterocycles. The third kappa shape index (κ3) is 3.80. The monoisotopic (exact) mass is 302 g/mol. The molecule has 1 aromatic carbocycles. The Labute approximate surface area is 132 Å². The molecule has 0 saturated heterocycles. The Morgan fingerprint density at radius 3 is 2.55 bits per heavy atom. The van der Waals surface area contributed by atoms with Crippen LogP contribution in [0.15, 0.2) is 30.3 Å². The molecule has 4 nitrogen and oxygen atoms in total. The van der Waals surface area contributed by atoms with Gasteiger partial charge in [0, 0.05) is 12.1 Å². The van der Waals surface area contributed by atoms with Gasteiger partial charge in [-0.1, -0.05) is 24.6 Å². The molecule has 2 bridgehead atoms. The minimum absolute atomic E-state index is 0.105. The summed E-state index contributed by atoms with van der Waals surface area (Å²) in [6.07, 6.45) is 6.22. The molecule has 2 aliphatic rings. The van der Waals surface area contributed by atoms with Crippen molar-refractivity contribution in [1.82, 2.24) is 5.32 Å². The third-order valence-corrected chi connectivity index (χ3v) is 5.05. The van der Waals surface area contributed by atoms with Gasteiger partial charge in [0.25, 0.3) is 0 Å². The van der Waals surface area contributed by atoms with Gasteiger partial charge in [0.1, 0.15) is 5.75 Å². The smallest absolute Gasteiger partial charge is 0.223 e. The SMILES string of the molecule is NC1CC2CCCC(C1)C2NC(=O)CCOc1ccccc1. The molecular formula is C18H26N2O2. The standard InChI is InChI=1S/C18H26N2O2/c19-15-11-13-5-4-6-14(12-15)18(13)20-17(21)9-10-22-16-7-2-1-3-8-16/h1-3,7-8,13-15,18H,4-6,9-12,19H2,(H,20,21). The van der Waals surface area contributed by atoms with Gasteiger partial charge < -0.3 is 15.8 Å². The molecule has 0 radical (unpaired) electrons. The lowest BCUT2D eigenvalue weighted by atomic mass is 9.67. The van der Waals surface area contributed by atoms with Crippen LogP contribution >= 0.6 is 0 Å². The van der Waals surface area contributed by atoms with Crippen molar-refractivity contribution in [1.29, 1.82) is 0 Å². The number of nitrogens with two attached hydrogens (primary N) is 1. The van der Waals surface area contributed by atoms with Gasteiger partial charge in [-0.3, -0.25) is 4.79 Å². The summed E-state index contributed by atoms with van der Waals surface area (Å²) >= 11 is 0. The minimum atomic E-state index is 0.105. The van der Waals surface area contributed by atoms with Crippen molar-refractivity contribution in [3.63, 3.8) is 0 Å². The predicted molar refractivity (Wildman–Crippen MR) is 86.5 cm³/mol. The van der Waals surface area contributed by atoms with Crippen LogP contribution in [0, 0.1) is 11.8 Å². The Balaban J connectivity index is 1.45. The molecule has 0 spiro atoms. The van der Waals surface area contributed by atoms with Gasteiger partial charge >= 0.3 is 0 Å². The summed E-state index contributed by atoms with van der Waals surface area (Å²) in [6.45, 7) is 0.428. The lowest BCUT2D eigenvalue weighted by Crippen LogP contribution is -2.53. The number of carbonyl (C=O) groups excluding carboxylic acids is 1. The molecule has 2 unspecified atom stereocenters. The van der Waals surface area contributed by atoms with E-state index in [0.717, 1.165) is 18.6 Å². The average Bonchev–Trinajstić information content (AvgIpc) is 2.49. The summed E-state index contributed by atoms with van der Waals surface area (Å²) < 4.78 is 5.60. The highest BCUT2D eigenvalue weighted by Gasteiger charge is 2.39. The van der Waals surface area contributed by atoms with E-state index >= 15 is 0 Å². The lowest BCUT2D eigenvalue weighted by molar-refractivity contribution is -0.123. The van der Waals surface area contributed by atoms with Crippen molar-refractivity contribution in [3.05, 3.63) is 30.3 Å². The molecule has 2 aliphatic carbocycles. The van der Waals surface area contributed by atoms with Crippen molar-refractivity contribution >= 4 is 5.91 Å². The van der Waals surface area contributed by atoms with Crippen molar-refractivity contribution < 1.29 is 9.53 Å². The molecule has 3 N–H and O–H groups in total. The summed E-state index contributed by atoms with van der Waals surface area (Å²) in [7, 11) is 0. The number of benzene rings is 1. The number of hydrogen-bond acceptors (Lipinski definition) is 3. The molecule has 1 aromatic rings. The average molecular weight is 302 g/mol. The van der Waals surface area contributed by atoms with Gasteiger partial charge in [-0.05, 0) is 49.7 Å². The highest BCUT2D eigenvalue weighted by Crippen LogP contribution is 2.39. The number of para-hydroxylation sites is 1. The minimum Gasteiger partial charge on any atom is -0.493 e. The van der Waals surface area contributed by atoms with Crippen LogP contribution in [0.2, 0.25) is 0 Å². The van der Waals surface area contributed by atoms with E-state index in [1.807, 2.05) is 30.3 Å². The maximum absolute atomic E-state index is 12.2. The van der Waals surface area contributed by atoms with E-state index in [2.05, 4.69) is 5.32 Å². The lowest BCUT2D eigenvalue weighted by Gasteiger charge is -2.45. The van der Waals surface area contributed by atoms with Crippen LogP contribution in [0.25, 0.3) is 0 Å². The second-order valence-electron chi connectivity index (χ2n) is 6.69. The Bertz CT molecular complexity index is 477. The van der Waals surface area contributed by atoms with E-state index < -0.39 is 0 Å². The van der Waals surface area contributed by atoms with Gasteiger partial charge in [-0.25, -0.2) is 0 Å². The quantitative estimate of drug-likeness (QED) is 0.878. The fraction of sp³-hybridized carbons (Fsp3) is 0.611. The maximum atomic E-state index is 12.2. The molecule has 1 amide bonds. The third-order valence-electron chi connectivity index (χ3n) is 5.05. The van der Waals surface area contributed by atoms with E-state index in [1.165, 1.54) is 19.3 Å². The molecule has 0 aliphatic heterocycles. The topological polar surface area (TPSA) is 64.3 Å². The first-order valence-electron chi connectivity index (χ1n) is 8.45. The second kappa shape index (κ2) is 7.14. The summed E-state index contributed by atoms with van der Waals surface area (Å²) in [4.78, 5) is 12.2. The van der Waals surface area contributed by atoms with Crippen LogP contribution in [-0.2, 0) is 4.79 Å². The van der Waals surface area contributed by atoms with Crippen LogP contribution in [0.3, 0.4) is 0 Å².